The third-order valence-corrected chi connectivity index (χ3v) is 1.84. The fourth-order valence-corrected chi connectivity index (χ4v) is 1.25. The predicted molar refractivity (Wildman–Crippen MR) is 40.5 cm³/mol. The summed E-state index contributed by atoms with van der Waals surface area (Å²) in [6.45, 7) is 2.20. The summed E-state index contributed by atoms with van der Waals surface area (Å²) >= 11 is 0. The second kappa shape index (κ2) is 1.97. The van der Waals surface area contributed by atoms with Crippen molar-refractivity contribution in [1.29, 1.82) is 0 Å². The lowest BCUT2D eigenvalue weighted by Crippen LogP contribution is -2.28. The van der Waals surface area contributed by atoms with Crippen molar-refractivity contribution in [2.24, 2.45) is 5.92 Å². The van der Waals surface area contributed by atoms with Gasteiger partial charge in [0.2, 0.25) is 0 Å². The summed E-state index contributed by atoms with van der Waals surface area (Å²) in [5.41, 5.74) is 0. The lowest BCUT2D eigenvalue weighted by Gasteiger charge is -2.02. The molecule has 0 saturated heterocycles. The zero-order chi connectivity index (χ0) is 6.97. The van der Waals surface area contributed by atoms with Crippen LogP contribution < -0.4 is 10.7 Å². The van der Waals surface area contributed by atoms with E-state index in [1.165, 1.54) is 5.35 Å². The maximum atomic E-state index is 4.16. The fraction of sp³-hybridized carbons (Fsp3) is 0.375. The first-order valence-corrected chi connectivity index (χ1v) is 3.58. The summed E-state index contributed by atoms with van der Waals surface area (Å²) in [4.78, 5) is 7.25. The van der Waals surface area contributed by atoms with E-state index < -0.39 is 0 Å². The van der Waals surface area contributed by atoms with Crippen molar-refractivity contribution < 1.29 is 0 Å². The van der Waals surface area contributed by atoms with Crippen LogP contribution in [0.3, 0.4) is 0 Å². The van der Waals surface area contributed by atoms with E-state index in [-0.39, 0.29) is 0 Å². The smallest absolute Gasteiger partial charge is 0.0931 e. The minimum atomic E-state index is 0.649. The third kappa shape index (κ3) is 0.764. The molecule has 1 aliphatic rings. The van der Waals surface area contributed by atoms with Gasteiger partial charge >= 0.3 is 0 Å². The molecular weight excluding hydrogens is 124 g/mol. The van der Waals surface area contributed by atoms with Gasteiger partial charge in [-0.05, 0) is 12.3 Å². The molecular formula is C8H10N2. The molecule has 0 saturated carbocycles. The number of nitrogens with one attached hydrogen (secondary N) is 1. The van der Waals surface area contributed by atoms with E-state index in [2.05, 4.69) is 29.0 Å². The summed E-state index contributed by atoms with van der Waals surface area (Å²) in [7, 11) is 0. The van der Waals surface area contributed by atoms with Crippen LogP contribution in [0.4, 0.5) is 0 Å². The molecule has 1 heterocycles. The van der Waals surface area contributed by atoms with Crippen LogP contribution in [0, 0.1) is 5.92 Å². The summed E-state index contributed by atoms with van der Waals surface area (Å²) in [5, 5.41) is 2.29. The molecule has 1 atom stereocenters. The Labute approximate surface area is 59.3 Å². The number of H-pyrrole nitrogens is 1. The Balaban J connectivity index is 2.73. The van der Waals surface area contributed by atoms with E-state index in [9.17, 15) is 0 Å². The van der Waals surface area contributed by atoms with Gasteiger partial charge in [-0.25, -0.2) is 4.98 Å². The Morgan fingerprint density at radius 1 is 1.70 bits per heavy atom. The van der Waals surface area contributed by atoms with Gasteiger partial charge in [-0.15, -0.1) is 0 Å². The average Bonchev–Trinajstić information content (AvgIpc) is 2.33. The summed E-state index contributed by atoms with van der Waals surface area (Å²) in [6.07, 6.45) is 7.28. The molecule has 10 heavy (non-hydrogen) atoms. The second-order valence-electron chi connectivity index (χ2n) is 2.79. The first kappa shape index (κ1) is 5.71. The first-order valence-electron chi connectivity index (χ1n) is 3.58. The van der Waals surface area contributed by atoms with Crippen LogP contribution in [0.2, 0.25) is 0 Å². The number of imidazole rings is 1. The molecule has 0 fully saturated rings. The highest BCUT2D eigenvalue weighted by molar-refractivity contribution is 5.35. The van der Waals surface area contributed by atoms with E-state index in [1.54, 1.807) is 6.33 Å². The van der Waals surface area contributed by atoms with Gasteiger partial charge < -0.3 is 4.98 Å². The molecule has 2 rings (SSSR count). The van der Waals surface area contributed by atoms with Crippen LogP contribution >= 0.6 is 0 Å². The van der Waals surface area contributed by atoms with Gasteiger partial charge in [0.05, 0.1) is 17.0 Å². The monoisotopic (exact) mass is 134 g/mol. The van der Waals surface area contributed by atoms with E-state index >= 15 is 0 Å². The van der Waals surface area contributed by atoms with Crippen LogP contribution in [0.5, 0.6) is 0 Å². The summed E-state index contributed by atoms with van der Waals surface area (Å²) in [5.74, 6) is 0.649. The highest BCUT2D eigenvalue weighted by Crippen LogP contribution is 2.04. The van der Waals surface area contributed by atoms with Gasteiger partial charge in [-0.2, -0.15) is 0 Å². The fourth-order valence-electron chi connectivity index (χ4n) is 1.25. The standard InChI is InChI=1S/C8H10N2/c1-6-2-3-7-8(4-6)10-5-9-7/h3-6H,2H2,1H3,(H,9,10). The number of fused-ring (bicyclic) bond motifs is 1. The van der Waals surface area contributed by atoms with Crippen LogP contribution in [0.1, 0.15) is 13.3 Å². The van der Waals surface area contributed by atoms with Gasteiger partial charge in [-0.1, -0.05) is 19.1 Å². The largest absolute Gasteiger partial charge is 0.345 e. The number of aromatic amines is 1. The zero-order valence-electron chi connectivity index (χ0n) is 5.96. The molecule has 0 spiro atoms. The topological polar surface area (TPSA) is 28.7 Å². The minimum Gasteiger partial charge on any atom is -0.345 e. The Bertz CT molecular complexity index is 334. The van der Waals surface area contributed by atoms with Gasteiger partial charge in [0.1, 0.15) is 0 Å². The average molecular weight is 134 g/mol. The molecule has 1 N–H and O–H groups in total. The number of hydrogen-bond donors (Lipinski definition) is 1. The van der Waals surface area contributed by atoms with Crippen LogP contribution in [0.15, 0.2) is 6.33 Å². The van der Waals surface area contributed by atoms with Gasteiger partial charge in [-0.3, -0.25) is 0 Å². The molecule has 2 heteroatoms. The number of rotatable bonds is 0. The van der Waals surface area contributed by atoms with Gasteiger partial charge in [0, 0.05) is 0 Å². The highest BCUT2D eigenvalue weighted by Gasteiger charge is 2.00. The molecule has 0 amide bonds. The molecule has 1 aliphatic carbocycles. The SMILES string of the molecule is CC1C=c2nc[nH]c2=CC1. The Kier molecular flexibility index (Phi) is 1.13. The first-order chi connectivity index (χ1) is 4.86. The molecule has 52 valence electrons. The Hall–Kier alpha value is -1.05. The predicted octanol–water partition coefficient (Wildman–Crippen LogP) is 0.0105. The molecule has 1 unspecified atom stereocenters. The molecule has 0 aliphatic heterocycles. The quantitative estimate of drug-likeness (QED) is 0.532. The number of nitrogens with zero attached hydrogens (tertiary/aromatic N) is 1. The molecule has 2 nitrogen and oxygen atoms in total. The van der Waals surface area contributed by atoms with Crippen LogP contribution in [-0.2, 0) is 0 Å². The molecule has 0 radical (unpaired) electrons. The van der Waals surface area contributed by atoms with E-state index in [0.29, 0.717) is 5.92 Å². The minimum absolute atomic E-state index is 0.649. The molecule has 1 aromatic rings. The Morgan fingerprint density at radius 3 is 3.50 bits per heavy atom. The second-order valence-corrected chi connectivity index (χ2v) is 2.79. The van der Waals surface area contributed by atoms with E-state index in [0.717, 1.165) is 11.8 Å². The number of hydrogen-bond acceptors (Lipinski definition) is 1. The van der Waals surface area contributed by atoms with Crippen molar-refractivity contribution in [3.05, 3.63) is 17.0 Å². The maximum Gasteiger partial charge on any atom is 0.0931 e. The van der Waals surface area contributed by atoms with Crippen molar-refractivity contribution in [3.8, 4) is 0 Å². The molecule has 1 aromatic heterocycles. The van der Waals surface area contributed by atoms with Crippen molar-refractivity contribution in [3.63, 3.8) is 0 Å². The summed E-state index contributed by atoms with van der Waals surface area (Å²) in [6, 6.07) is 0. The molecule has 0 bridgehead atoms. The van der Waals surface area contributed by atoms with Gasteiger partial charge in [0.25, 0.3) is 0 Å². The van der Waals surface area contributed by atoms with Crippen molar-refractivity contribution >= 4 is 12.2 Å². The Morgan fingerprint density at radius 2 is 2.60 bits per heavy atom. The highest BCUT2D eigenvalue weighted by atomic mass is 14.9. The molecule has 0 aromatic carbocycles. The van der Waals surface area contributed by atoms with Crippen LogP contribution in [-0.4, -0.2) is 9.97 Å². The van der Waals surface area contributed by atoms with Crippen molar-refractivity contribution in [1.82, 2.24) is 9.97 Å². The van der Waals surface area contributed by atoms with E-state index in [1.807, 2.05) is 0 Å². The van der Waals surface area contributed by atoms with Crippen molar-refractivity contribution in [2.75, 3.05) is 0 Å². The number of aromatic nitrogens is 2. The van der Waals surface area contributed by atoms with Crippen LogP contribution in [0.25, 0.3) is 12.2 Å². The van der Waals surface area contributed by atoms with Crippen molar-refractivity contribution in [2.45, 2.75) is 13.3 Å². The lowest BCUT2D eigenvalue weighted by atomic mass is 10.0. The van der Waals surface area contributed by atoms with Gasteiger partial charge in [0.15, 0.2) is 0 Å². The third-order valence-electron chi connectivity index (χ3n) is 1.84. The normalized spacial score (nSPS) is 22.7. The lowest BCUT2D eigenvalue weighted by molar-refractivity contribution is 0.795. The van der Waals surface area contributed by atoms with E-state index in [4.69, 9.17) is 0 Å². The zero-order valence-corrected chi connectivity index (χ0v) is 5.96. The maximum absolute atomic E-state index is 4.16. The summed E-state index contributed by atoms with van der Waals surface area (Å²) < 4.78 is 0.